The van der Waals surface area contributed by atoms with Gasteiger partial charge in [-0.1, -0.05) is 0 Å². The van der Waals surface area contributed by atoms with Gasteiger partial charge in [-0.2, -0.15) is 5.10 Å². The van der Waals surface area contributed by atoms with Gasteiger partial charge in [0.1, 0.15) is 12.1 Å². The number of carboxylic acids is 1. The van der Waals surface area contributed by atoms with Crippen LogP contribution in [0.25, 0.3) is 0 Å². The molecular weight excluding hydrogens is 278 g/mol. The molecule has 0 aliphatic carbocycles. The van der Waals surface area contributed by atoms with Gasteiger partial charge in [0.25, 0.3) is 0 Å². The van der Waals surface area contributed by atoms with Crippen LogP contribution in [0.3, 0.4) is 0 Å². The van der Waals surface area contributed by atoms with Crippen LogP contribution < -0.4 is 10.6 Å². The number of hydrogen-bond acceptors (Lipinski definition) is 5. The molecular formula is C12H13N5O4. The van der Waals surface area contributed by atoms with Gasteiger partial charge >= 0.3 is 12.0 Å². The van der Waals surface area contributed by atoms with Crippen LogP contribution in [0.5, 0.6) is 5.75 Å². The highest BCUT2D eigenvalue weighted by molar-refractivity contribution is 6.00. The van der Waals surface area contributed by atoms with E-state index in [2.05, 4.69) is 20.7 Å². The van der Waals surface area contributed by atoms with Gasteiger partial charge < -0.3 is 20.8 Å². The highest BCUT2D eigenvalue weighted by Crippen LogP contribution is 2.21. The molecule has 0 aliphatic rings. The zero-order valence-electron chi connectivity index (χ0n) is 11.1. The highest BCUT2D eigenvalue weighted by atomic mass is 16.4. The number of carbonyl (C=O) groups excluding carboxylic acids is 1. The Balaban J connectivity index is 2.01. The maximum atomic E-state index is 11.7. The van der Waals surface area contributed by atoms with Gasteiger partial charge in [0.05, 0.1) is 17.8 Å². The Hall–Kier alpha value is -3.10. The molecule has 0 fully saturated rings. The molecule has 110 valence electrons. The first-order chi connectivity index (χ1) is 9.95. The number of phenols is 1. The molecule has 9 nitrogen and oxygen atoms in total. The first kappa shape index (κ1) is 14.3. The van der Waals surface area contributed by atoms with E-state index in [-0.39, 0.29) is 23.5 Å². The van der Waals surface area contributed by atoms with Crippen LogP contribution in [-0.4, -0.2) is 37.0 Å². The third-order valence-corrected chi connectivity index (χ3v) is 2.54. The minimum atomic E-state index is -1.26. The van der Waals surface area contributed by atoms with E-state index < -0.39 is 12.0 Å². The Bertz CT molecular complexity index is 682. The molecule has 2 rings (SSSR count). The fourth-order valence-corrected chi connectivity index (χ4v) is 1.61. The number of aromatic nitrogens is 3. The van der Waals surface area contributed by atoms with Gasteiger partial charge in [-0.25, -0.2) is 14.6 Å². The summed E-state index contributed by atoms with van der Waals surface area (Å²) in [6.07, 6.45) is 1.50. The van der Waals surface area contributed by atoms with E-state index in [9.17, 15) is 14.7 Å². The maximum Gasteiger partial charge on any atom is 0.337 e. The van der Waals surface area contributed by atoms with Gasteiger partial charge in [-0.15, -0.1) is 0 Å². The first-order valence-electron chi connectivity index (χ1n) is 5.91. The van der Waals surface area contributed by atoms with E-state index in [1.807, 2.05) is 0 Å². The molecule has 1 aromatic carbocycles. The summed E-state index contributed by atoms with van der Waals surface area (Å²) in [5, 5.41) is 27.1. The van der Waals surface area contributed by atoms with Crippen LogP contribution in [0, 0.1) is 0 Å². The Morgan fingerprint density at radius 2 is 2.14 bits per heavy atom. The number of nitrogens with zero attached hydrogens (tertiary/aromatic N) is 3. The van der Waals surface area contributed by atoms with Crippen molar-refractivity contribution in [2.45, 2.75) is 6.54 Å². The quantitative estimate of drug-likeness (QED) is 0.608. The van der Waals surface area contributed by atoms with Crippen molar-refractivity contribution in [1.29, 1.82) is 0 Å². The number of urea groups is 1. The number of amides is 2. The van der Waals surface area contributed by atoms with Crippen LogP contribution >= 0.6 is 0 Å². The third kappa shape index (κ3) is 3.69. The Kier molecular flexibility index (Phi) is 4.02. The van der Waals surface area contributed by atoms with Crippen LogP contribution in [0.15, 0.2) is 24.5 Å². The second-order valence-electron chi connectivity index (χ2n) is 4.18. The molecule has 0 spiro atoms. The molecule has 0 atom stereocenters. The number of rotatable bonds is 4. The number of benzene rings is 1. The van der Waals surface area contributed by atoms with E-state index >= 15 is 0 Å². The van der Waals surface area contributed by atoms with Crippen molar-refractivity contribution in [2.24, 2.45) is 7.05 Å². The first-order valence-corrected chi connectivity index (χ1v) is 5.91. The van der Waals surface area contributed by atoms with Gasteiger partial charge in [-0.3, -0.25) is 4.68 Å². The standard InChI is InChI=1S/C12H13N5O4/c1-17-6-14-10(16-17)5-13-12(21)15-9-3-2-7(18)4-8(9)11(19)20/h2-4,6,18H,5H2,1H3,(H,19,20)(H2,13,15,21). The Morgan fingerprint density at radius 1 is 1.38 bits per heavy atom. The van der Waals surface area contributed by atoms with E-state index in [0.717, 1.165) is 6.07 Å². The molecule has 0 saturated carbocycles. The molecule has 0 bridgehead atoms. The summed E-state index contributed by atoms with van der Waals surface area (Å²) in [6.45, 7) is 0.104. The summed E-state index contributed by atoms with van der Waals surface area (Å²) < 4.78 is 1.50. The molecule has 21 heavy (non-hydrogen) atoms. The zero-order chi connectivity index (χ0) is 15.4. The van der Waals surface area contributed by atoms with Crippen molar-refractivity contribution in [1.82, 2.24) is 20.1 Å². The van der Waals surface area contributed by atoms with Gasteiger partial charge in [-0.05, 0) is 18.2 Å². The van der Waals surface area contributed by atoms with Crippen molar-refractivity contribution in [3.8, 4) is 5.75 Å². The average Bonchev–Trinajstić information content (AvgIpc) is 2.84. The van der Waals surface area contributed by atoms with Gasteiger partial charge in [0, 0.05) is 7.05 Å². The van der Waals surface area contributed by atoms with Crippen molar-refractivity contribution in [2.75, 3.05) is 5.32 Å². The van der Waals surface area contributed by atoms with Crippen LogP contribution in [-0.2, 0) is 13.6 Å². The van der Waals surface area contributed by atoms with Gasteiger partial charge in [0.15, 0.2) is 5.82 Å². The van der Waals surface area contributed by atoms with E-state index in [1.165, 1.54) is 23.1 Å². The zero-order valence-corrected chi connectivity index (χ0v) is 11.1. The Morgan fingerprint density at radius 3 is 2.76 bits per heavy atom. The fourth-order valence-electron chi connectivity index (χ4n) is 1.61. The fraction of sp³-hybridized carbons (Fsp3) is 0.167. The summed E-state index contributed by atoms with van der Waals surface area (Å²) in [5.41, 5.74) is -0.132. The minimum absolute atomic E-state index is 0.0757. The predicted molar refractivity (Wildman–Crippen MR) is 71.9 cm³/mol. The number of phenolic OH excluding ortho intramolecular Hbond substituents is 1. The molecule has 9 heteroatoms. The highest BCUT2D eigenvalue weighted by Gasteiger charge is 2.13. The second-order valence-corrected chi connectivity index (χ2v) is 4.18. The lowest BCUT2D eigenvalue weighted by Crippen LogP contribution is -2.29. The molecule has 0 radical (unpaired) electrons. The van der Waals surface area contributed by atoms with Crippen molar-refractivity contribution >= 4 is 17.7 Å². The molecule has 0 unspecified atom stereocenters. The normalized spacial score (nSPS) is 10.1. The number of carbonyl (C=O) groups is 2. The SMILES string of the molecule is Cn1cnc(CNC(=O)Nc2ccc(O)cc2C(=O)O)n1. The molecule has 2 aromatic rings. The predicted octanol–water partition coefficient (Wildman–Crippen LogP) is 0.541. The van der Waals surface area contributed by atoms with Gasteiger partial charge in [0.2, 0.25) is 0 Å². The molecule has 2 amide bonds. The number of anilines is 1. The van der Waals surface area contributed by atoms with E-state index in [1.54, 1.807) is 7.05 Å². The lowest BCUT2D eigenvalue weighted by atomic mass is 10.1. The lowest BCUT2D eigenvalue weighted by molar-refractivity contribution is 0.0697. The number of aromatic carboxylic acids is 1. The van der Waals surface area contributed by atoms with E-state index in [4.69, 9.17) is 5.11 Å². The molecule has 0 saturated heterocycles. The number of aromatic hydroxyl groups is 1. The topological polar surface area (TPSA) is 129 Å². The Labute approximate surface area is 119 Å². The van der Waals surface area contributed by atoms with E-state index in [0.29, 0.717) is 5.82 Å². The minimum Gasteiger partial charge on any atom is -0.508 e. The van der Waals surface area contributed by atoms with Crippen molar-refractivity contribution in [3.05, 3.63) is 35.9 Å². The largest absolute Gasteiger partial charge is 0.508 e. The molecule has 0 aliphatic heterocycles. The maximum absolute atomic E-state index is 11.7. The van der Waals surface area contributed by atoms with Crippen LogP contribution in [0.2, 0.25) is 0 Å². The second kappa shape index (κ2) is 5.90. The summed E-state index contributed by atoms with van der Waals surface area (Å²) in [6, 6.07) is 3.04. The van der Waals surface area contributed by atoms with Crippen LogP contribution in [0.4, 0.5) is 10.5 Å². The molecule has 4 N–H and O–H groups in total. The average molecular weight is 291 g/mol. The van der Waals surface area contributed by atoms with Crippen molar-refractivity contribution < 1.29 is 19.8 Å². The lowest BCUT2D eigenvalue weighted by Gasteiger charge is -2.09. The summed E-state index contributed by atoms with van der Waals surface area (Å²) in [4.78, 5) is 26.7. The van der Waals surface area contributed by atoms with Crippen LogP contribution in [0.1, 0.15) is 16.2 Å². The summed E-state index contributed by atoms with van der Waals surface area (Å²) >= 11 is 0. The number of hydrogen-bond donors (Lipinski definition) is 4. The number of carboxylic acid groups (broad SMARTS) is 1. The monoisotopic (exact) mass is 291 g/mol. The third-order valence-electron chi connectivity index (χ3n) is 2.54. The summed E-state index contributed by atoms with van der Waals surface area (Å²) in [5.74, 6) is -1.03. The number of aryl methyl sites for hydroxylation is 1. The van der Waals surface area contributed by atoms with Crippen molar-refractivity contribution in [3.63, 3.8) is 0 Å². The molecule has 1 heterocycles. The molecule has 1 aromatic heterocycles. The smallest absolute Gasteiger partial charge is 0.337 e. The number of nitrogens with one attached hydrogen (secondary N) is 2. The summed E-state index contributed by atoms with van der Waals surface area (Å²) in [7, 11) is 1.70.